The van der Waals surface area contributed by atoms with Crippen molar-refractivity contribution in [2.24, 2.45) is 0 Å². The third-order valence-electron chi connectivity index (χ3n) is 6.16. The van der Waals surface area contributed by atoms with Crippen molar-refractivity contribution >= 4 is 22.8 Å². The van der Waals surface area contributed by atoms with Crippen LogP contribution in [-0.2, 0) is 4.79 Å². The molecule has 37 heavy (non-hydrogen) atoms. The van der Waals surface area contributed by atoms with Crippen molar-refractivity contribution in [3.05, 3.63) is 89.8 Å². The summed E-state index contributed by atoms with van der Waals surface area (Å²) in [5.41, 5.74) is 6.36. The Morgan fingerprint density at radius 2 is 1.76 bits per heavy atom. The highest BCUT2D eigenvalue weighted by Gasteiger charge is 2.44. The molecular weight excluding hydrogens is 487 g/mol. The summed E-state index contributed by atoms with van der Waals surface area (Å²) in [4.78, 5) is 30.6. The average molecular weight is 509 g/mol. The third-order valence-corrected chi connectivity index (χ3v) is 6.16. The first-order valence-corrected chi connectivity index (χ1v) is 11.4. The van der Waals surface area contributed by atoms with Gasteiger partial charge in [0.25, 0.3) is 11.8 Å². The number of amides is 1. The van der Waals surface area contributed by atoms with Gasteiger partial charge < -0.3 is 15.4 Å². The molecule has 0 saturated carbocycles. The zero-order chi connectivity index (χ0) is 26.3. The number of nitrogen functional groups attached to an aromatic ring is 1. The topological polar surface area (TPSA) is 95.4 Å². The summed E-state index contributed by atoms with van der Waals surface area (Å²) >= 11 is 0. The van der Waals surface area contributed by atoms with E-state index < -0.39 is 42.4 Å². The Kier molecular flexibility index (Phi) is 5.98. The number of hydrogen-bond acceptors (Lipinski definition) is 5. The van der Waals surface area contributed by atoms with E-state index in [1.54, 1.807) is 36.4 Å². The van der Waals surface area contributed by atoms with Crippen LogP contribution in [0.2, 0.25) is 0 Å². The molecule has 1 aliphatic rings. The number of imidazole rings is 1. The highest BCUT2D eigenvalue weighted by Crippen LogP contribution is 2.36. The molecule has 0 aliphatic carbocycles. The number of alkyl halides is 2. The second-order valence-electron chi connectivity index (χ2n) is 8.77. The van der Waals surface area contributed by atoms with Gasteiger partial charge in [0, 0.05) is 19.2 Å². The third kappa shape index (κ3) is 4.55. The van der Waals surface area contributed by atoms with Gasteiger partial charge in [-0.1, -0.05) is 24.8 Å². The molecule has 8 nitrogen and oxygen atoms in total. The highest BCUT2D eigenvalue weighted by molar-refractivity contribution is 5.91. The van der Waals surface area contributed by atoms with Crippen molar-refractivity contribution < 1.29 is 22.7 Å². The molecule has 190 valence electrons. The van der Waals surface area contributed by atoms with Gasteiger partial charge in [0.1, 0.15) is 22.8 Å². The lowest BCUT2D eigenvalue weighted by atomic mass is 10.0. The van der Waals surface area contributed by atoms with Crippen LogP contribution in [-0.4, -0.2) is 43.9 Å². The quantitative estimate of drug-likeness (QED) is 0.401. The number of para-hydroxylation sites is 1. The van der Waals surface area contributed by atoms with Crippen LogP contribution in [0, 0.1) is 0 Å². The van der Waals surface area contributed by atoms with E-state index in [-0.39, 0.29) is 23.4 Å². The van der Waals surface area contributed by atoms with Gasteiger partial charge in [-0.2, -0.15) is 0 Å². The summed E-state index contributed by atoms with van der Waals surface area (Å²) in [6.07, 6.45) is 0.642. The number of fused-ring (bicyclic) bond motifs is 1. The Hall–Kier alpha value is -4.54. The van der Waals surface area contributed by atoms with E-state index in [2.05, 4.69) is 11.6 Å². The van der Waals surface area contributed by atoms with E-state index in [9.17, 15) is 22.8 Å². The lowest BCUT2D eigenvalue weighted by Crippen LogP contribution is -2.51. The van der Waals surface area contributed by atoms with Crippen molar-refractivity contribution in [1.29, 1.82) is 0 Å². The molecule has 2 aromatic heterocycles. The average Bonchev–Trinajstić information content (AvgIpc) is 3.16. The predicted molar refractivity (Wildman–Crippen MR) is 132 cm³/mol. The normalized spacial score (nSPS) is 17.1. The van der Waals surface area contributed by atoms with Crippen molar-refractivity contribution in [2.45, 2.75) is 18.4 Å². The van der Waals surface area contributed by atoms with Crippen molar-refractivity contribution in [3.8, 4) is 17.2 Å². The molecule has 0 bridgehead atoms. The minimum absolute atomic E-state index is 0.0191. The van der Waals surface area contributed by atoms with Gasteiger partial charge in [-0.25, -0.2) is 22.9 Å². The SMILES string of the molecule is C=C(F)C(=O)N1C[C@@H](n2c(=O)n(-c3ccc(Oc4ccccc4)cc3)c3c(N)nccc32)CC(F)(F)C1. The van der Waals surface area contributed by atoms with E-state index in [0.717, 1.165) is 4.57 Å². The molecule has 1 aliphatic heterocycles. The maximum absolute atomic E-state index is 14.7. The Bertz CT molecular complexity index is 1550. The van der Waals surface area contributed by atoms with Gasteiger partial charge in [-0.3, -0.25) is 13.9 Å². The standard InChI is InChI=1S/C26H22F3N5O3/c1-16(27)24(35)32-14-18(13-26(28,29)15-32)33-21-11-12-31-23(30)22(21)34(25(33)36)17-7-9-20(10-8-17)37-19-5-3-2-4-6-19/h2-12,18H,1,13-15H2,(H2,30,31)/t18-/m0/s1. The van der Waals surface area contributed by atoms with E-state index in [1.807, 2.05) is 18.2 Å². The van der Waals surface area contributed by atoms with Gasteiger partial charge in [-0.05, 0) is 42.5 Å². The van der Waals surface area contributed by atoms with E-state index >= 15 is 0 Å². The van der Waals surface area contributed by atoms with E-state index in [0.29, 0.717) is 22.1 Å². The predicted octanol–water partition coefficient (Wildman–Crippen LogP) is 4.45. The summed E-state index contributed by atoms with van der Waals surface area (Å²) in [7, 11) is 0. The smallest absolute Gasteiger partial charge is 0.334 e. The van der Waals surface area contributed by atoms with Crippen molar-refractivity contribution in [2.75, 3.05) is 18.8 Å². The fourth-order valence-electron chi connectivity index (χ4n) is 4.64. The molecule has 4 aromatic rings. The molecule has 1 fully saturated rings. The van der Waals surface area contributed by atoms with Crippen LogP contribution in [0.25, 0.3) is 16.7 Å². The molecule has 5 rings (SSSR count). The Morgan fingerprint density at radius 3 is 2.43 bits per heavy atom. The molecule has 0 radical (unpaired) electrons. The second-order valence-corrected chi connectivity index (χ2v) is 8.77. The van der Waals surface area contributed by atoms with Gasteiger partial charge >= 0.3 is 5.69 Å². The number of nitrogens with zero attached hydrogens (tertiary/aromatic N) is 4. The lowest BCUT2D eigenvalue weighted by Gasteiger charge is -2.37. The number of nitrogens with two attached hydrogens (primary N) is 1. The first-order chi connectivity index (χ1) is 17.6. The summed E-state index contributed by atoms with van der Waals surface area (Å²) < 4.78 is 51.1. The van der Waals surface area contributed by atoms with Crippen LogP contribution in [0.1, 0.15) is 12.5 Å². The largest absolute Gasteiger partial charge is 0.457 e. The number of anilines is 1. The number of benzene rings is 2. The Labute approximate surface area is 209 Å². The lowest BCUT2D eigenvalue weighted by molar-refractivity contribution is -0.142. The maximum atomic E-state index is 14.7. The molecule has 1 saturated heterocycles. The first kappa shape index (κ1) is 24.2. The molecule has 0 unspecified atom stereocenters. The minimum atomic E-state index is -3.35. The zero-order valence-electron chi connectivity index (χ0n) is 19.5. The molecule has 1 amide bonds. The molecule has 11 heteroatoms. The van der Waals surface area contributed by atoms with Crippen LogP contribution >= 0.6 is 0 Å². The molecule has 2 N–H and O–H groups in total. The monoisotopic (exact) mass is 509 g/mol. The van der Waals surface area contributed by atoms with Crippen LogP contribution < -0.4 is 16.2 Å². The molecule has 2 aromatic carbocycles. The summed E-state index contributed by atoms with van der Waals surface area (Å²) in [5.74, 6) is -4.77. The maximum Gasteiger partial charge on any atom is 0.334 e. The van der Waals surface area contributed by atoms with Gasteiger partial charge in [0.15, 0.2) is 5.83 Å². The number of carbonyl (C=O) groups excluding carboxylic acids is 1. The van der Waals surface area contributed by atoms with Gasteiger partial charge in [0.05, 0.1) is 23.8 Å². The minimum Gasteiger partial charge on any atom is -0.457 e. The van der Waals surface area contributed by atoms with Crippen LogP contribution in [0.5, 0.6) is 11.5 Å². The van der Waals surface area contributed by atoms with Crippen LogP contribution in [0.4, 0.5) is 19.0 Å². The molecular formula is C26H22F3N5O3. The first-order valence-electron chi connectivity index (χ1n) is 11.4. The van der Waals surface area contributed by atoms with Crippen LogP contribution in [0.3, 0.4) is 0 Å². The zero-order valence-corrected chi connectivity index (χ0v) is 19.5. The summed E-state index contributed by atoms with van der Waals surface area (Å²) in [5, 5.41) is 0. The Balaban J connectivity index is 1.58. The van der Waals surface area contributed by atoms with E-state index in [4.69, 9.17) is 10.5 Å². The number of carbonyl (C=O) groups is 1. The second kappa shape index (κ2) is 9.16. The number of halogens is 3. The van der Waals surface area contributed by atoms with Gasteiger partial charge in [-0.15, -0.1) is 0 Å². The number of pyridine rings is 1. The van der Waals surface area contributed by atoms with E-state index in [1.165, 1.54) is 16.8 Å². The molecule has 0 spiro atoms. The van der Waals surface area contributed by atoms with Gasteiger partial charge in [0.2, 0.25) is 0 Å². The molecule has 3 heterocycles. The highest BCUT2D eigenvalue weighted by atomic mass is 19.3. The molecule has 1 atom stereocenters. The summed E-state index contributed by atoms with van der Waals surface area (Å²) in [6, 6.07) is 16.1. The van der Waals surface area contributed by atoms with Crippen LogP contribution in [0.15, 0.2) is 84.1 Å². The fraction of sp³-hybridized carbons (Fsp3) is 0.192. The number of ether oxygens (including phenoxy) is 1. The van der Waals surface area contributed by atoms with Crippen molar-refractivity contribution in [1.82, 2.24) is 19.0 Å². The number of hydrogen-bond donors (Lipinski definition) is 1. The number of likely N-dealkylation sites (tertiary alicyclic amines) is 1. The Morgan fingerprint density at radius 1 is 1.08 bits per heavy atom. The fourth-order valence-corrected chi connectivity index (χ4v) is 4.64. The number of piperidine rings is 1. The number of rotatable bonds is 5. The summed E-state index contributed by atoms with van der Waals surface area (Å²) in [6.45, 7) is 1.65. The number of aromatic nitrogens is 3. The van der Waals surface area contributed by atoms with Crippen molar-refractivity contribution in [3.63, 3.8) is 0 Å².